The highest BCUT2D eigenvalue weighted by molar-refractivity contribution is 9.10. The molecule has 0 aliphatic carbocycles. The van der Waals surface area contributed by atoms with Gasteiger partial charge < -0.3 is 10.1 Å². The van der Waals surface area contributed by atoms with E-state index in [2.05, 4.69) is 30.9 Å². The summed E-state index contributed by atoms with van der Waals surface area (Å²) < 4.78 is 2.62. The van der Waals surface area contributed by atoms with Crippen LogP contribution in [0.3, 0.4) is 0 Å². The fourth-order valence-corrected chi connectivity index (χ4v) is 2.26. The Bertz CT molecular complexity index is 679. The molecule has 18 heavy (non-hydrogen) atoms. The van der Waals surface area contributed by atoms with Crippen LogP contribution in [0.1, 0.15) is 17.3 Å². The SMILES string of the molecule is NC(c1cccnc1)c1nc(Br)cn2ccnc12. The molecule has 2 N–H and O–H groups in total. The highest BCUT2D eigenvalue weighted by Crippen LogP contribution is 2.22. The van der Waals surface area contributed by atoms with Gasteiger partial charge in [0, 0.05) is 31.0 Å². The van der Waals surface area contributed by atoms with E-state index in [9.17, 15) is 0 Å². The first-order valence-electron chi connectivity index (χ1n) is 5.40. The van der Waals surface area contributed by atoms with Crippen molar-refractivity contribution in [1.29, 1.82) is 0 Å². The lowest BCUT2D eigenvalue weighted by atomic mass is 10.1. The molecule has 0 spiro atoms. The average Bonchev–Trinajstić information content (AvgIpc) is 2.86. The molecule has 0 aromatic carbocycles. The summed E-state index contributed by atoms with van der Waals surface area (Å²) in [6, 6.07) is 3.44. The maximum absolute atomic E-state index is 6.23. The second-order valence-electron chi connectivity index (χ2n) is 3.87. The normalized spacial score (nSPS) is 12.8. The summed E-state index contributed by atoms with van der Waals surface area (Å²) in [5, 5.41) is 0. The Balaban J connectivity index is 2.17. The van der Waals surface area contributed by atoms with Gasteiger partial charge in [0.25, 0.3) is 0 Å². The fourth-order valence-electron chi connectivity index (χ4n) is 1.85. The molecule has 0 saturated heterocycles. The predicted octanol–water partition coefficient (Wildman–Crippen LogP) is 1.93. The Kier molecular flexibility index (Phi) is 2.81. The molecule has 3 rings (SSSR count). The Morgan fingerprint density at radius 3 is 3.00 bits per heavy atom. The molecule has 0 amide bonds. The largest absolute Gasteiger partial charge is 0.319 e. The van der Waals surface area contributed by atoms with Gasteiger partial charge in [0.2, 0.25) is 0 Å². The van der Waals surface area contributed by atoms with Crippen molar-refractivity contribution in [2.75, 3.05) is 0 Å². The first-order valence-corrected chi connectivity index (χ1v) is 6.19. The van der Waals surface area contributed by atoms with Gasteiger partial charge in [0.15, 0.2) is 5.65 Å². The minimum absolute atomic E-state index is 0.346. The molecular weight excluding hydrogens is 294 g/mol. The maximum atomic E-state index is 6.23. The molecule has 0 aliphatic rings. The zero-order valence-corrected chi connectivity index (χ0v) is 10.9. The third kappa shape index (κ3) is 1.89. The number of hydrogen-bond acceptors (Lipinski definition) is 4. The zero-order valence-electron chi connectivity index (χ0n) is 9.36. The van der Waals surface area contributed by atoms with Gasteiger partial charge in [-0.2, -0.15) is 0 Å². The van der Waals surface area contributed by atoms with E-state index < -0.39 is 0 Å². The van der Waals surface area contributed by atoms with Crippen molar-refractivity contribution in [2.45, 2.75) is 6.04 Å². The van der Waals surface area contributed by atoms with Crippen LogP contribution in [-0.2, 0) is 0 Å². The van der Waals surface area contributed by atoms with Crippen LogP contribution in [0.15, 0.2) is 47.7 Å². The van der Waals surface area contributed by atoms with Crippen LogP contribution in [0.2, 0.25) is 0 Å². The van der Waals surface area contributed by atoms with Gasteiger partial charge in [-0.25, -0.2) is 9.97 Å². The fraction of sp³-hybridized carbons (Fsp3) is 0.0833. The number of nitrogens with two attached hydrogens (primary N) is 1. The number of halogens is 1. The molecule has 90 valence electrons. The Hall–Kier alpha value is -1.79. The molecule has 1 unspecified atom stereocenters. The Morgan fingerprint density at radius 2 is 2.22 bits per heavy atom. The van der Waals surface area contributed by atoms with Gasteiger partial charge in [0.05, 0.1) is 6.04 Å². The zero-order chi connectivity index (χ0) is 12.5. The molecule has 3 heterocycles. The maximum Gasteiger partial charge on any atom is 0.160 e. The van der Waals surface area contributed by atoms with Crippen LogP contribution >= 0.6 is 15.9 Å². The molecular formula is C12H10BrN5. The molecule has 0 aliphatic heterocycles. The number of aromatic nitrogens is 4. The molecule has 5 nitrogen and oxygen atoms in total. The van der Waals surface area contributed by atoms with Crippen LogP contribution in [0.4, 0.5) is 0 Å². The van der Waals surface area contributed by atoms with E-state index in [-0.39, 0.29) is 6.04 Å². The van der Waals surface area contributed by atoms with Gasteiger partial charge in [-0.1, -0.05) is 6.07 Å². The minimum atomic E-state index is -0.346. The van der Waals surface area contributed by atoms with Crippen molar-refractivity contribution in [3.05, 3.63) is 59.0 Å². The van der Waals surface area contributed by atoms with Crippen LogP contribution in [0.5, 0.6) is 0 Å². The summed E-state index contributed by atoms with van der Waals surface area (Å²) >= 11 is 3.38. The minimum Gasteiger partial charge on any atom is -0.319 e. The van der Waals surface area contributed by atoms with Crippen LogP contribution in [0, 0.1) is 0 Å². The van der Waals surface area contributed by atoms with Crippen LogP contribution in [0.25, 0.3) is 5.65 Å². The van der Waals surface area contributed by atoms with Crippen molar-refractivity contribution >= 4 is 21.6 Å². The average molecular weight is 304 g/mol. The van der Waals surface area contributed by atoms with E-state index in [0.29, 0.717) is 0 Å². The molecule has 0 fully saturated rings. The number of pyridine rings is 1. The molecule has 3 aromatic heterocycles. The molecule has 3 aromatic rings. The van der Waals surface area contributed by atoms with Gasteiger partial charge in [-0.15, -0.1) is 0 Å². The molecule has 0 radical (unpaired) electrons. The Morgan fingerprint density at radius 1 is 1.33 bits per heavy atom. The Labute approximate surface area is 112 Å². The van der Waals surface area contributed by atoms with Crippen LogP contribution in [-0.4, -0.2) is 19.4 Å². The predicted molar refractivity (Wildman–Crippen MR) is 71.0 cm³/mol. The van der Waals surface area contributed by atoms with E-state index in [1.807, 2.05) is 28.9 Å². The summed E-state index contributed by atoms with van der Waals surface area (Å²) in [5.41, 5.74) is 8.63. The van der Waals surface area contributed by atoms with Crippen molar-refractivity contribution in [2.24, 2.45) is 5.73 Å². The summed E-state index contributed by atoms with van der Waals surface area (Å²) in [6.07, 6.45) is 8.90. The van der Waals surface area contributed by atoms with Crippen molar-refractivity contribution in [3.8, 4) is 0 Å². The smallest absolute Gasteiger partial charge is 0.160 e. The van der Waals surface area contributed by atoms with Gasteiger partial charge in [-0.05, 0) is 27.6 Å². The second-order valence-corrected chi connectivity index (χ2v) is 4.68. The van der Waals surface area contributed by atoms with Crippen molar-refractivity contribution in [1.82, 2.24) is 19.4 Å². The van der Waals surface area contributed by atoms with E-state index in [1.165, 1.54) is 0 Å². The van der Waals surface area contributed by atoms with E-state index in [1.54, 1.807) is 18.6 Å². The van der Waals surface area contributed by atoms with Gasteiger partial charge in [-0.3, -0.25) is 4.98 Å². The molecule has 6 heteroatoms. The number of rotatable bonds is 2. The quantitative estimate of drug-likeness (QED) is 0.785. The lowest BCUT2D eigenvalue weighted by Crippen LogP contribution is -2.15. The summed E-state index contributed by atoms with van der Waals surface area (Å²) in [6.45, 7) is 0. The van der Waals surface area contributed by atoms with Crippen molar-refractivity contribution < 1.29 is 0 Å². The third-order valence-corrected chi connectivity index (χ3v) is 3.09. The summed E-state index contributed by atoms with van der Waals surface area (Å²) in [5.74, 6) is 0. The lowest BCUT2D eigenvalue weighted by Gasteiger charge is -2.12. The summed E-state index contributed by atoms with van der Waals surface area (Å²) in [4.78, 5) is 12.8. The van der Waals surface area contributed by atoms with E-state index in [0.717, 1.165) is 21.5 Å². The number of fused-ring (bicyclic) bond motifs is 1. The molecule has 0 saturated carbocycles. The standard InChI is InChI=1S/C12H10BrN5/c13-9-7-18-5-4-16-12(18)11(17-9)10(14)8-2-1-3-15-6-8/h1-7,10H,14H2. The first kappa shape index (κ1) is 11.3. The van der Waals surface area contributed by atoms with Gasteiger partial charge in [0.1, 0.15) is 10.3 Å². The first-order chi connectivity index (χ1) is 8.75. The highest BCUT2D eigenvalue weighted by Gasteiger charge is 2.16. The van der Waals surface area contributed by atoms with Crippen molar-refractivity contribution in [3.63, 3.8) is 0 Å². The van der Waals surface area contributed by atoms with E-state index >= 15 is 0 Å². The topological polar surface area (TPSA) is 69.1 Å². The number of nitrogens with zero attached hydrogens (tertiary/aromatic N) is 4. The number of hydrogen-bond donors (Lipinski definition) is 1. The molecule has 1 atom stereocenters. The summed E-state index contributed by atoms with van der Waals surface area (Å²) in [7, 11) is 0. The third-order valence-electron chi connectivity index (χ3n) is 2.71. The van der Waals surface area contributed by atoms with Crippen LogP contribution < -0.4 is 5.73 Å². The second kappa shape index (κ2) is 4.47. The van der Waals surface area contributed by atoms with Gasteiger partial charge >= 0.3 is 0 Å². The highest BCUT2D eigenvalue weighted by atomic mass is 79.9. The lowest BCUT2D eigenvalue weighted by molar-refractivity contribution is 0.812. The monoisotopic (exact) mass is 303 g/mol. The number of imidazole rings is 1. The van der Waals surface area contributed by atoms with E-state index in [4.69, 9.17) is 5.73 Å². The molecule has 0 bridgehead atoms.